The van der Waals surface area contributed by atoms with Crippen molar-refractivity contribution in [2.75, 3.05) is 5.32 Å². The summed E-state index contributed by atoms with van der Waals surface area (Å²) in [5.41, 5.74) is 7.59. The Morgan fingerprint density at radius 2 is 2.35 bits per heavy atom. The molecule has 2 heterocycles. The second kappa shape index (κ2) is 5.03. The molecule has 1 atom stereocenters. The van der Waals surface area contributed by atoms with E-state index in [1.54, 1.807) is 13.0 Å². The number of nitrogens with zero attached hydrogens (tertiary/aromatic N) is 1. The summed E-state index contributed by atoms with van der Waals surface area (Å²) in [6.45, 7) is 3.61. The van der Waals surface area contributed by atoms with Crippen LogP contribution in [0.2, 0.25) is 0 Å². The molecule has 1 aliphatic carbocycles. The van der Waals surface area contributed by atoms with Gasteiger partial charge in [-0.15, -0.1) is 11.3 Å². The van der Waals surface area contributed by atoms with Crippen LogP contribution >= 0.6 is 11.3 Å². The zero-order valence-electron chi connectivity index (χ0n) is 11.5. The summed E-state index contributed by atoms with van der Waals surface area (Å²) >= 11 is 1.52. The predicted octanol–water partition coefficient (Wildman–Crippen LogP) is 2.42. The van der Waals surface area contributed by atoms with E-state index in [-0.39, 0.29) is 11.9 Å². The molecular formula is C14H17N3O2S. The number of hydrogen-bond donors (Lipinski definition) is 2. The number of hydrogen-bond acceptors (Lipinski definition) is 5. The quantitative estimate of drug-likeness (QED) is 0.890. The standard InChI is InChI=1S/C14H17N3O2S/c1-7-5-10(8(2)19-7)13(18)17-14-16-11-4-3-9(15)6-12(11)20-14/h5,9H,3-4,6,15H2,1-2H3,(H,16,17,18)/t9-/m0/s1. The van der Waals surface area contributed by atoms with Gasteiger partial charge in [0.15, 0.2) is 5.13 Å². The van der Waals surface area contributed by atoms with Gasteiger partial charge in [0, 0.05) is 10.9 Å². The third kappa shape index (κ3) is 2.48. The number of aromatic nitrogens is 1. The monoisotopic (exact) mass is 291 g/mol. The van der Waals surface area contributed by atoms with Gasteiger partial charge in [-0.1, -0.05) is 0 Å². The van der Waals surface area contributed by atoms with E-state index >= 15 is 0 Å². The Labute approximate surface area is 121 Å². The smallest absolute Gasteiger partial charge is 0.260 e. The van der Waals surface area contributed by atoms with Crippen LogP contribution in [-0.4, -0.2) is 16.9 Å². The number of amides is 1. The first kappa shape index (κ1) is 13.3. The zero-order chi connectivity index (χ0) is 14.3. The Kier molecular flexibility index (Phi) is 3.35. The van der Waals surface area contributed by atoms with Crippen LogP contribution in [0.5, 0.6) is 0 Å². The number of thiazole rings is 1. The Morgan fingerprint density at radius 1 is 1.55 bits per heavy atom. The summed E-state index contributed by atoms with van der Waals surface area (Å²) in [7, 11) is 0. The molecule has 0 aromatic carbocycles. The number of rotatable bonds is 2. The lowest BCUT2D eigenvalue weighted by atomic mass is 9.99. The summed E-state index contributed by atoms with van der Waals surface area (Å²) in [6.07, 6.45) is 2.71. The SMILES string of the molecule is Cc1cc(C(=O)Nc2nc3c(s2)C[C@@H](N)CC3)c(C)o1. The predicted molar refractivity (Wildman–Crippen MR) is 78.2 cm³/mol. The maximum Gasteiger partial charge on any atom is 0.260 e. The van der Waals surface area contributed by atoms with Crippen molar-refractivity contribution in [3.63, 3.8) is 0 Å². The van der Waals surface area contributed by atoms with Crippen LogP contribution in [0.25, 0.3) is 0 Å². The van der Waals surface area contributed by atoms with Gasteiger partial charge < -0.3 is 10.2 Å². The number of nitrogens with two attached hydrogens (primary N) is 1. The molecule has 1 aliphatic rings. The molecule has 20 heavy (non-hydrogen) atoms. The van der Waals surface area contributed by atoms with Gasteiger partial charge in [-0.05, 0) is 39.2 Å². The molecule has 0 saturated heterocycles. The van der Waals surface area contributed by atoms with Crippen LogP contribution < -0.4 is 11.1 Å². The second-order valence-corrected chi connectivity index (χ2v) is 6.26. The number of aryl methyl sites for hydroxylation is 3. The first-order valence-electron chi connectivity index (χ1n) is 6.65. The van der Waals surface area contributed by atoms with Crippen molar-refractivity contribution in [1.82, 2.24) is 4.98 Å². The lowest BCUT2D eigenvalue weighted by Gasteiger charge is -2.15. The third-order valence-electron chi connectivity index (χ3n) is 3.48. The van der Waals surface area contributed by atoms with E-state index < -0.39 is 0 Å². The summed E-state index contributed by atoms with van der Waals surface area (Å²) in [4.78, 5) is 17.9. The fourth-order valence-corrected chi connectivity index (χ4v) is 3.57. The number of anilines is 1. The molecule has 0 aliphatic heterocycles. The molecule has 0 radical (unpaired) electrons. The zero-order valence-corrected chi connectivity index (χ0v) is 12.3. The number of fused-ring (bicyclic) bond motifs is 1. The molecule has 1 amide bonds. The Balaban J connectivity index is 1.78. The molecule has 0 bridgehead atoms. The van der Waals surface area contributed by atoms with Crippen LogP contribution in [0.15, 0.2) is 10.5 Å². The van der Waals surface area contributed by atoms with Gasteiger partial charge in [0.1, 0.15) is 11.5 Å². The average Bonchev–Trinajstić information content (AvgIpc) is 2.91. The van der Waals surface area contributed by atoms with Crippen LogP contribution in [-0.2, 0) is 12.8 Å². The highest BCUT2D eigenvalue weighted by Gasteiger charge is 2.21. The third-order valence-corrected chi connectivity index (χ3v) is 4.52. The van der Waals surface area contributed by atoms with Crippen molar-refractivity contribution < 1.29 is 9.21 Å². The van der Waals surface area contributed by atoms with Gasteiger partial charge in [0.25, 0.3) is 5.91 Å². The van der Waals surface area contributed by atoms with Crippen molar-refractivity contribution in [3.05, 3.63) is 33.7 Å². The topological polar surface area (TPSA) is 81.2 Å². The number of nitrogens with one attached hydrogen (secondary N) is 1. The van der Waals surface area contributed by atoms with E-state index in [0.29, 0.717) is 16.5 Å². The summed E-state index contributed by atoms with van der Waals surface area (Å²) < 4.78 is 5.37. The minimum Gasteiger partial charge on any atom is -0.466 e. The van der Waals surface area contributed by atoms with Crippen LogP contribution in [0, 0.1) is 13.8 Å². The van der Waals surface area contributed by atoms with Gasteiger partial charge in [0.05, 0.1) is 11.3 Å². The van der Waals surface area contributed by atoms with Gasteiger partial charge >= 0.3 is 0 Å². The van der Waals surface area contributed by atoms with Crippen molar-refractivity contribution >= 4 is 22.4 Å². The van der Waals surface area contributed by atoms with Gasteiger partial charge in [-0.25, -0.2) is 4.98 Å². The van der Waals surface area contributed by atoms with Crippen LogP contribution in [0.4, 0.5) is 5.13 Å². The summed E-state index contributed by atoms with van der Waals surface area (Å²) in [5.74, 6) is 1.19. The molecule has 0 spiro atoms. The van der Waals surface area contributed by atoms with E-state index in [0.717, 1.165) is 30.7 Å². The minimum absolute atomic E-state index is 0.172. The first-order chi connectivity index (χ1) is 9.52. The lowest BCUT2D eigenvalue weighted by molar-refractivity contribution is 0.102. The maximum atomic E-state index is 12.2. The molecule has 3 rings (SSSR count). The molecule has 2 aromatic rings. The van der Waals surface area contributed by atoms with E-state index in [1.165, 1.54) is 16.2 Å². The van der Waals surface area contributed by atoms with Crippen LogP contribution in [0.1, 0.15) is 38.9 Å². The molecule has 6 heteroatoms. The molecule has 0 saturated carbocycles. The van der Waals surface area contributed by atoms with Crippen molar-refractivity contribution in [2.24, 2.45) is 5.73 Å². The lowest BCUT2D eigenvalue weighted by Crippen LogP contribution is -2.27. The van der Waals surface area contributed by atoms with Gasteiger partial charge in [0.2, 0.25) is 0 Å². The largest absolute Gasteiger partial charge is 0.466 e. The number of carbonyl (C=O) groups is 1. The van der Waals surface area contributed by atoms with Crippen molar-refractivity contribution in [1.29, 1.82) is 0 Å². The van der Waals surface area contributed by atoms with Gasteiger partial charge in [-0.2, -0.15) is 0 Å². The summed E-state index contributed by atoms with van der Waals surface area (Å²) in [6, 6.07) is 1.96. The highest BCUT2D eigenvalue weighted by molar-refractivity contribution is 7.15. The van der Waals surface area contributed by atoms with E-state index in [2.05, 4.69) is 10.3 Å². The minimum atomic E-state index is -0.172. The average molecular weight is 291 g/mol. The van der Waals surface area contributed by atoms with Gasteiger partial charge in [-0.3, -0.25) is 10.1 Å². The van der Waals surface area contributed by atoms with E-state index in [9.17, 15) is 4.79 Å². The number of carbonyl (C=O) groups excluding carboxylic acids is 1. The molecule has 0 fully saturated rings. The molecule has 5 nitrogen and oxygen atoms in total. The molecule has 2 aromatic heterocycles. The van der Waals surface area contributed by atoms with Crippen molar-refractivity contribution in [3.8, 4) is 0 Å². The molecule has 3 N–H and O–H groups in total. The fraction of sp³-hybridized carbons (Fsp3) is 0.429. The highest BCUT2D eigenvalue weighted by Crippen LogP contribution is 2.29. The number of furan rings is 1. The van der Waals surface area contributed by atoms with Crippen molar-refractivity contribution in [2.45, 2.75) is 39.2 Å². The fourth-order valence-electron chi connectivity index (χ4n) is 2.47. The second-order valence-electron chi connectivity index (χ2n) is 5.17. The highest BCUT2D eigenvalue weighted by atomic mass is 32.1. The first-order valence-corrected chi connectivity index (χ1v) is 7.47. The normalized spacial score (nSPS) is 17.9. The Morgan fingerprint density at radius 3 is 3.05 bits per heavy atom. The van der Waals surface area contributed by atoms with E-state index in [4.69, 9.17) is 10.2 Å². The Bertz CT molecular complexity index is 659. The van der Waals surface area contributed by atoms with E-state index in [1.807, 2.05) is 6.92 Å². The molecule has 106 valence electrons. The maximum absolute atomic E-state index is 12.2. The summed E-state index contributed by atoms with van der Waals surface area (Å²) in [5, 5.41) is 3.50. The Hall–Kier alpha value is -1.66. The van der Waals surface area contributed by atoms with Crippen LogP contribution in [0.3, 0.4) is 0 Å². The molecular weight excluding hydrogens is 274 g/mol. The molecule has 0 unspecified atom stereocenters.